The van der Waals surface area contributed by atoms with Crippen LogP contribution in [0.15, 0.2) is 41.7 Å². The molecule has 2 atom stereocenters. The lowest BCUT2D eigenvalue weighted by Gasteiger charge is -2.35. The summed E-state index contributed by atoms with van der Waals surface area (Å²) in [4.78, 5) is 23.3. The second-order valence-corrected chi connectivity index (χ2v) is 8.47. The Morgan fingerprint density at radius 1 is 1.21 bits per heavy atom. The molecule has 1 aromatic carbocycles. The summed E-state index contributed by atoms with van der Waals surface area (Å²) in [5.41, 5.74) is 1.04. The topological polar surface area (TPSA) is 67.3 Å². The summed E-state index contributed by atoms with van der Waals surface area (Å²) < 4.78 is 5.14. The van der Waals surface area contributed by atoms with Gasteiger partial charge in [-0.3, -0.25) is 4.79 Å². The molecule has 1 aliphatic rings. The van der Waals surface area contributed by atoms with Crippen LogP contribution in [-0.4, -0.2) is 41.8 Å². The molecule has 3 rings (SSSR count). The highest BCUT2D eigenvalue weighted by molar-refractivity contribution is 7.99. The van der Waals surface area contributed by atoms with E-state index < -0.39 is 0 Å². The maximum Gasteiger partial charge on any atom is 0.230 e. The van der Waals surface area contributed by atoms with Crippen LogP contribution < -0.4 is 15.0 Å². The number of nitrogens with one attached hydrogen (secondary N) is 1. The minimum atomic E-state index is -0.0128. The molecule has 1 aliphatic heterocycles. The van der Waals surface area contributed by atoms with Crippen LogP contribution in [0.3, 0.4) is 0 Å². The summed E-state index contributed by atoms with van der Waals surface area (Å²) >= 11 is 1.44. The third-order valence-electron chi connectivity index (χ3n) is 4.82. The van der Waals surface area contributed by atoms with Gasteiger partial charge in [0, 0.05) is 25.7 Å². The summed E-state index contributed by atoms with van der Waals surface area (Å²) in [7, 11) is 1.64. The average Bonchev–Trinajstić information content (AvgIpc) is 2.70. The predicted octanol–water partition coefficient (Wildman–Crippen LogP) is 3.38. The van der Waals surface area contributed by atoms with E-state index in [4.69, 9.17) is 4.74 Å². The number of carbonyl (C=O) groups is 1. The fourth-order valence-corrected chi connectivity index (χ4v) is 4.26. The number of carbonyl (C=O) groups excluding carboxylic acids is 1. The van der Waals surface area contributed by atoms with Gasteiger partial charge in [0.05, 0.1) is 12.9 Å². The highest BCUT2D eigenvalue weighted by atomic mass is 32.2. The Morgan fingerprint density at radius 3 is 2.61 bits per heavy atom. The normalized spacial score (nSPS) is 19.3. The number of aromatic nitrogens is 2. The number of methoxy groups -OCH3 is 1. The molecule has 0 bridgehead atoms. The number of hydrogen-bond donors (Lipinski definition) is 1. The lowest BCUT2D eigenvalue weighted by Crippen LogP contribution is -2.39. The first-order chi connectivity index (χ1) is 13.5. The molecule has 2 aromatic rings. The lowest BCUT2D eigenvalue weighted by atomic mass is 9.92. The van der Waals surface area contributed by atoms with Crippen molar-refractivity contribution in [3.8, 4) is 5.75 Å². The highest BCUT2D eigenvalue weighted by Gasteiger charge is 2.23. The van der Waals surface area contributed by atoms with E-state index in [-0.39, 0.29) is 5.91 Å². The molecule has 1 aromatic heterocycles. The Labute approximate surface area is 171 Å². The molecular weight excluding hydrogens is 372 g/mol. The lowest BCUT2D eigenvalue weighted by molar-refractivity contribution is -0.118. The molecule has 6 nitrogen and oxygen atoms in total. The molecule has 0 aliphatic carbocycles. The van der Waals surface area contributed by atoms with Gasteiger partial charge in [0.2, 0.25) is 5.91 Å². The standard InChI is InChI=1S/C21H28N4O2S/c1-15-8-16(2)12-25(11-15)19-9-21(24-14-23-19)28-13-20(26)22-10-17-4-6-18(27-3)7-5-17/h4-7,9,14-16H,8,10-13H2,1-3H3,(H,22,26)/t15-,16-/m0/s1. The number of nitrogens with zero attached hydrogens (tertiary/aromatic N) is 3. The molecular formula is C21H28N4O2S. The number of ether oxygens (including phenoxy) is 1. The zero-order valence-corrected chi connectivity index (χ0v) is 17.5. The zero-order valence-electron chi connectivity index (χ0n) is 16.7. The van der Waals surface area contributed by atoms with Gasteiger partial charge in [-0.05, 0) is 36.0 Å². The molecule has 0 radical (unpaired) electrons. The van der Waals surface area contributed by atoms with E-state index in [1.807, 2.05) is 30.3 Å². The first kappa shape index (κ1) is 20.5. The van der Waals surface area contributed by atoms with Crippen molar-refractivity contribution in [1.82, 2.24) is 15.3 Å². The summed E-state index contributed by atoms with van der Waals surface area (Å²) in [5.74, 6) is 3.41. The summed E-state index contributed by atoms with van der Waals surface area (Å²) in [6.45, 7) is 7.11. The maximum atomic E-state index is 12.2. The largest absolute Gasteiger partial charge is 0.497 e. The van der Waals surface area contributed by atoms with Crippen molar-refractivity contribution >= 4 is 23.5 Å². The van der Waals surface area contributed by atoms with Crippen molar-refractivity contribution in [1.29, 1.82) is 0 Å². The fraction of sp³-hybridized carbons (Fsp3) is 0.476. The fourth-order valence-electron chi connectivity index (χ4n) is 3.57. The van der Waals surface area contributed by atoms with Crippen molar-refractivity contribution in [2.45, 2.75) is 31.8 Å². The van der Waals surface area contributed by atoms with Gasteiger partial charge in [0.25, 0.3) is 0 Å². The third-order valence-corrected chi connectivity index (χ3v) is 5.75. The maximum absolute atomic E-state index is 12.2. The molecule has 1 saturated heterocycles. The second kappa shape index (κ2) is 9.78. The molecule has 0 unspecified atom stereocenters. The van der Waals surface area contributed by atoms with E-state index in [1.54, 1.807) is 13.4 Å². The van der Waals surface area contributed by atoms with Gasteiger partial charge in [0.1, 0.15) is 22.9 Å². The highest BCUT2D eigenvalue weighted by Crippen LogP contribution is 2.26. The van der Waals surface area contributed by atoms with Gasteiger partial charge in [-0.1, -0.05) is 37.7 Å². The average molecular weight is 401 g/mol. The summed E-state index contributed by atoms with van der Waals surface area (Å²) in [6.07, 6.45) is 2.86. The van der Waals surface area contributed by atoms with E-state index in [9.17, 15) is 4.79 Å². The Hall–Kier alpha value is -2.28. The molecule has 7 heteroatoms. The predicted molar refractivity (Wildman–Crippen MR) is 113 cm³/mol. The van der Waals surface area contributed by atoms with Crippen LogP contribution in [0.4, 0.5) is 5.82 Å². The Kier molecular flexibility index (Phi) is 7.14. The Morgan fingerprint density at radius 2 is 1.93 bits per heavy atom. The van der Waals surface area contributed by atoms with Gasteiger partial charge >= 0.3 is 0 Å². The van der Waals surface area contributed by atoms with Crippen molar-refractivity contribution in [3.05, 3.63) is 42.2 Å². The summed E-state index contributed by atoms with van der Waals surface area (Å²) in [5, 5.41) is 3.77. The number of amides is 1. The Bertz CT molecular complexity index is 774. The SMILES string of the molecule is COc1ccc(CNC(=O)CSc2cc(N3C[C@@H](C)C[C@H](C)C3)ncn2)cc1. The van der Waals surface area contributed by atoms with Crippen molar-refractivity contribution in [3.63, 3.8) is 0 Å². The van der Waals surface area contributed by atoms with E-state index in [0.717, 1.165) is 35.2 Å². The second-order valence-electron chi connectivity index (χ2n) is 7.48. The van der Waals surface area contributed by atoms with Crippen molar-refractivity contribution in [2.24, 2.45) is 11.8 Å². The number of anilines is 1. The van der Waals surface area contributed by atoms with E-state index in [1.165, 1.54) is 18.2 Å². The molecule has 2 heterocycles. The van der Waals surface area contributed by atoms with E-state index >= 15 is 0 Å². The van der Waals surface area contributed by atoms with E-state index in [2.05, 4.69) is 34.0 Å². The molecule has 1 amide bonds. The van der Waals surface area contributed by atoms with Crippen LogP contribution >= 0.6 is 11.8 Å². The van der Waals surface area contributed by atoms with Crippen LogP contribution in [0.25, 0.3) is 0 Å². The number of thioether (sulfide) groups is 1. The van der Waals surface area contributed by atoms with Gasteiger partial charge in [-0.25, -0.2) is 9.97 Å². The van der Waals surface area contributed by atoms with Gasteiger partial charge in [0.15, 0.2) is 0 Å². The number of piperidine rings is 1. The molecule has 0 saturated carbocycles. The third kappa shape index (κ3) is 5.86. The van der Waals surface area contributed by atoms with Crippen molar-refractivity contribution in [2.75, 3.05) is 30.9 Å². The monoisotopic (exact) mass is 400 g/mol. The molecule has 1 N–H and O–H groups in total. The zero-order chi connectivity index (χ0) is 19.9. The van der Waals surface area contributed by atoms with Crippen LogP contribution in [0.2, 0.25) is 0 Å². The van der Waals surface area contributed by atoms with Gasteiger partial charge < -0.3 is 15.0 Å². The minimum absolute atomic E-state index is 0.0128. The first-order valence-electron chi connectivity index (χ1n) is 9.63. The quantitative estimate of drug-likeness (QED) is 0.568. The Balaban J connectivity index is 1.49. The molecule has 150 valence electrons. The van der Waals surface area contributed by atoms with Gasteiger partial charge in [-0.15, -0.1) is 0 Å². The van der Waals surface area contributed by atoms with Crippen LogP contribution in [0, 0.1) is 11.8 Å². The molecule has 0 spiro atoms. The number of benzene rings is 1. The smallest absolute Gasteiger partial charge is 0.230 e. The van der Waals surface area contributed by atoms with Gasteiger partial charge in [-0.2, -0.15) is 0 Å². The van der Waals surface area contributed by atoms with Crippen molar-refractivity contribution < 1.29 is 9.53 Å². The minimum Gasteiger partial charge on any atom is -0.497 e. The molecule has 1 fully saturated rings. The van der Waals surface area contributed by atoms with Crippen LogP contribution in [0.1, 0.15) is 25.8 Å². The van der Waals surface area contributed by atoms with E-state index in [0.29, 0.717) is 24.1 Å². The van der Waals surface area contributed by atoms with Crippen LogP contribution in [-0.2, 0) is 11.3 Å². The molecule has 28 heavy (non-hydrogen) atoms. The number of rotatable bonds is 7. The summed E-state index contributed by atoms with van der Waals surface area (Å²) in [6, 6.07) is 9.67. The first-order valence-corrected chi connectivity index (χ1v) is 10.6. The number of hydrogen-bond acceptors (Lipinski definition) is 6. The van der Waals surface area contributed by atoms with Crippen LogP contribution in [0.5, 0.6) is 5.75 Å².